The van der Waals surface area contributed by atoms with Gasteiger partial charge in [0, 0.05) is 11.1 Å². The Balaban J connectivity index is 2.35. The molecule has 1 aliphatic rings. The van der Waals surface area contributed by atoms with Crippen LogP contribution in [0.25, 0.3) is 0 Å². The summed E-state index contributed by atoms with van der Waals surface area (Å²) in [4.78, 5) is 0. The van der Waals surface area contributed by atoms with Crippen molar-refractivity contribution in [1.82, 2.24) is 0 Å². The van der Waals surface area contributed by atoms with Gasteiger partial charge in [-0.1, -0.05) is 25.6 Å². The fourth-order valence-corrected chi connectivity index (χ4v) is 3.50. The van der Waals surface area contributed by atoms with Gasteiger partial charge in [0.1, 0.15) is 0 Å². The summed E-state index contributed by atoms with van der Waals surface area (Å²) < 4.78 is 36.1. The number of halogens is 4. The predicted octanol–water partition coefficient (Wildman–Crippen LogP) is 5.31. The van der Waals surface area contributed by atoms with Crippen molar-refractivity contribution in [2.75, 3.05) is 5.75 Å². The Morgan fingerprint density at radius 3 is 2.47 bits per heavy atom. The third-order valence-electron chi connectivity index (χ3n) is 3.63. The monoisotopic (exact) mass is 288 g/mol. The summed E-state index contributed by atoms with van der Waals surface area (Å²) in [6.07, 6.45) is 3.65. The van der Waals surface area contributed by atoms with Crippen LogP contribution in [0.4, 0.5) is 13.2 Å². The van der Waals surface area contributed by atoms with Crippen molar-refractivity contribution in [2.24, 2.45) is 17.8 Å². The molecule has 1 rings (SSSR count). The van der Waals surface area contributed by atoms with Crippen molar-refractivity contribution < 1.29 is 13.2 Å². The Morgan fingerprint density at radius 2 is 1.94 bits per heavy atom. The Labute approximate surface area is 111 Å². The Kier molecular flexibility index (Phi) is 5.97. The Bertz CT molecular complexity index is 230. The van der Waals surface area contributed by atoms with E-state index in [0.29, 0.717) is 18.3 Å². The first-order chi connectivity index (χ1) is 7.79. The molecule has 17 heavy (non-hydrogen) atoms. The highest BCUT2D eigenvalue weighted by Gasteiger charge is 2.32. The zero-order chi connectivity index (χ0) is 13.1. The van der Waals surface area contributed by atoms with E-state index in [9.17, 15) is 13.2 Å². The van der Waals surface area contributed by atoms with Crippen LogP contribution in [-0.4, -0.2) is 16.6 Å². The van der Waals surface area contributed by atoms with Crippen molar-refractivity contribution in [3.63, 3.8) is 0 Å². The second-order valence-electron chi connectivity index (χ2n) is 5.18. The molecule has 0 bridgehead atoms. The van der Waals surface area contributed by atoms with E-state index in [4.69, 9.17) is 11.6 Å². The highest BCUT2D eigenvalue weighted by molar-refractivity contribution is 8.00. The lowest BCUT2D eigenvalue weighted by Crippen LogP contribution is -2.28. The maximum atomic E-state index is 12.0. The van der Waals surface area contributed by atoms with Crippen LogP contribution in [0.2, 0.25) is 0 Å². The molecule has 5 heteroatoms. The SMILES string of the molecule is CC(C)C1CCC(Cl)C(CCSC(F)(F)F)C1. The summed E-state index contributed by atoms with van der Waals surface area (Å²) in [7, 11) is 0. The molecular formula is C12H20ClF3S. The van der Waals surface area contributed by atoms with Gasteiger partial charge in [-0.3, -0.25) is 0 Å². The first-order valence-electron chi connectivity index (χ1n) is 6.14. The van der Waals surface area contributed by atoms with E-state index < -0.39 is 5.51 Å². The van der Waals surface area contributed by atoms with E-state index in [2.05, 4.69) is 13.8 Å². The van der Waals surface area contributed by atoms with Crippen LogP contribution in [0.15, 0.2) is 0 Å². The van der Waals surface area contributed by atoms with Gasteiger partial charge in [-0.05, 0) is 43.4 Å². The molecule has 1 saturated carbocycles. The lowest BCUT2D eigenvalue weighted by molar-refractivity contribution is -0.0328. The zero-order valence-corrected chi connectivity index (χ0v) is 11.8. The average Bonchev–Trinajstić information content (AvgIpc) is 2.18. The van der Waals surface area contributed by atoms with E-state index in [0.717, 1.165) is 19.3 Å². The standard InChI is InChI=1S/C12H20ClF3S/c1-8(2)9-3-4-11(13)10(7-9)5-6-17-12(14,15)16/h8-11H,3-7H2,1-2H3. The number of rotatable bonds is 4. The van der Waals surface area contributed by atoms with Crippen LogP contribution in [0.5, 0.6) is 0 Å². The summed E-state index contributed by atoms with van der Waals surface area (Å²) >= 11 is 6.29. The van der Waals surface area contributed by atoms with Gasteiger partial charge >= 0.3 is 5.51 Å². The van der Waals surface area contributed by atoms with Crippen molar-refractivity contribution >= 4 is 23.4 Å². The number of hydrogen-bond acceptors (Lipinski definition) is 1. The minimum atomic E-state index is -4.10. The van der Waals surface area contributed by atoms with Gasteiger partial charge in [0.05, 0.1) is 0 Å². The van der Waals surface area contributed by atoms with Crippen LogP contribution in [0, 0.1) is 17.8 Å². The van der Waals surface area contributed by atoms with Gasteiger partial charge in [0.2, 0.25) is 0 Å². The van der Waals surface area contributed by atoms with Gasteiger partial charge in [-0.15, -0.1) is 11.6 Å². The van der Waals surface area contributed by atoms with Crippen LogP contribution in [-0.2, 0) is 0 Å². The normalized spacial score (nSPS) is 30.9. The lowest BCUT2D eigenvalue weighted by atomic mass is 9.75. The highest BCUT2D eigenvalue weighted by Crippen LogP contribution is 2.40. The molecule has 3 atom stereocenters. The quantitative estimate of drug-likeness (QED) is 0.632. The molecule has 0 aromatic heterocycles. The van der Waals surface area contributed by atoms with Crippen molar-refractivity contribution in [3.05, 3.63) is 0 Å². The van der Waals surface area contributed by atoms with Crippen LogP contribution >= 0.6 is 23.4 Å². The molecule has 0 heterocycles. The maximum Gasteiger partial charge on any atom is 0.441 e. The van der Waals surface area contributed by atoms with Gasteiger partial charge in [-0.2, -0.15) is 13.2 Å². The largest absolute Gasteiger partial charge is 0.441 e. The fraction of sp³-hybridized carbons (Fsp3) is 1.00. The molecular weight excluding hydrogens is 269 g/mol. The van der Waals surface area contributed by atoms with E-state index in [-0.39, 0.29) is 28.8 Å². The van der Waals surface area contributed by atoms with E-state index in [1.165, 1.54) is 0 Å². The van der Waals surface area contributed by atoms with E-state index in [1.54, 1.807) is 0 Å². The number of hydrogen-bond donors (Lipinski definition) is 0. The van der Waals surface area contributed by atoms with Gasteiger partial charge < -0.3 is 0 Å². The molecule has 0 aliphatic heterocycles. The van der Waals surface area contributed by atoms with Gasteiger partial charge in [0.25, 0.3) is 0 Å². The zero-order valence-electron chi connectivity index (χ0n) is 10.3. The minimum Gasteiger partial charge on any atom is -0.160 e. The summed E-state index contributed by atoms with van der Waals surface area (Å²) in [6.45, 7) is 4.36. The number of thioether (sulfide) groups is 1. The summed E-state index contributed by atoms with van der Waals surface area (Å²) in [6, 6.07) is 0. The first kappa shape index (κ1) is 15.5. The molecule has 1 fully saturated rings. The van der Waals surface area contributed by atoms with Crippen LogP contribution in [0.1, 0.15) is 39.5 Å². The molecule has 0 aromatic rings. The highest BCUT2D eigenvalue weighted by atomic mass is 35.5. The molecule has 3 unspecified atom stereocenters. The molecule has 0 nitrogen and oxygen atoms in total. The Morgan fingerprint density at radius 1 is 1.29 bits per heavy atom. The molecule has 0 radical (unpaired) electrons. The van der Waals surface area contributed by atoms with Crippen LogP contribution < -0.4 is 0 Å². The maximum absolute atomic E-state index is 12.0. The fourth-order valence-electron chi connectivity index (χ4n) is 2.49. The first-order valence-corrected chi connectivity index (χ1v) is 7.56. The average molecular weight is 289 g/mol. The summed E-state index contributed by atoms with van der Waals surface area (Å²) in [5.74, 6) is 1.64. The van der Waals surface area contributed by atoms with E-state index in [1.807, 2.05) is 0 Å². The second kappa shape index (κ2) is 6.55. The van der Waals surface area contributed by atoms with Crippen LogP contribution in [0.3, 0.4) is 0 Å². The van der Waals surface area contributed by atoms with Crippen molar-refractivity contribution in [2.45, 2.75) is 50.4 Å². The minimum absolute atomic E-state index is 0.0684. The topological polar surface area (TPSA) is 0 Å². The summed E-state index contributed by atoms with van der Waals surface area (Å²) in [5.41, 5.74) is -4.10. The van der Waals surface area contributed by atoms with Gasteiger partial charge in [0.15, 0.2) is 0 Å². The smallest absolute Gasteiger partial charge is 0.160 e. The Hall–Kier alpha value is 0.430. The van der Waals surface area contributed by atoms with Crippen molar-refractivity contribution in [1.29, 1.82) is 0 Å². The molecule has 1 aliphatic carbocycles. The lowest BCUT2D eigenvalue weighted by Gasteiger charge is -2.35. The predicted molar refractivity (Wildman–Crippen MR) is 68.4 cm³/mol. The summed E-state index contributed by atoms with van der Waals surface area (Å²) in [5, 5.41) is 0.0684. The van der Waals surface area contributed by atoms with Gasteiger partial charge in [-0.25, -0.2) is 0 Å². The molecule has 0 aromatic carbocycles. The molecule has 102 valence electrons. The second-order valence-corrected chi connectivity index (χ2v) is 6.90. The third kappa shape index (κ3) is 5.73. The van der Waals surface area contributed by atoms with E-state index >= 15 is 0 Å². The van der Waals surface area contributed by atoms with Crippen molar-refractivity contribution in [3.8, 4) is 0 Å². The molecule has 0 spiro atoms. The number of alkyl halides is 4. The third-order valence-corrected chi connectivity index (χ3v) is 4.97. The molecule has 0 N–H and O–H groups in total. The molecule has 0 amide bonds. The molecule has 0 saturated heterocycles.